The molecule has 1 fully saturated rings. The van der Waals surface area contributed by atoms with E-state index in [4.69, 9.17) is 4.99 Å². The third-order valence-electron chi connectivity index (χ3n) is 4.33. The Morgan fingerprint density at radius 3 is 3.00 bits per heavy atom. The van der Waals surface area contributed by atoms with E-state index in [0.717, 1.165) is 24.1 Å². The molecule has 1 saturated carbocycles. The maximum Gasteiger partial charge on any atom is 0.163 e. The SMILES string of the molecule is CC(C)C1=CCSC2=NCC3CCCC3CN12. The number of nitrogens with zero attached hydrogens (tertiary/aromatic N) is 2. The molecule has 0 radical (unpaired) electrons. The van der Waals surface area contributed by atoms with Crippen LogP contribution in [0.15, 0.2) is 16.8 Å². The average Bonchev–Trinajstić information content (AvgIpc) is 2.67. The molecule has 0 N–H and O–H groups in total. The lowest BCUT2D eigenvalue weighted by Crippen LogP contribution is -2.36. The fourth-order valence-corrected chi connectivity index (χ4v) is 4.29. The van der Waals surface area contributed by atoms with Crippen molar-refractivity contribution in [3.63, 3.8) is 0 Å². The highest BCUT2D eigenvalue weighted by atomic mass is 32.2. The number of amidine groups is 1. The van der Waals surface area contributed by atoms with Gasteiger partial charge in [0.2, 0.25) is 0 Å². The quantitative estimate of drug-likeness (QED) is 0.709. The number of allylic oxidation sites excluding steroid dienone is 1. The van der Waals surface area contributed by atoms with E-state index in [1.54, 1.807) is 0 Å². The van der Waals surface area contributed by atoms with E-state index in [9.17, 15) is 0 Å². The summed E-state index contributed by atoms with van der Waals surface area (Å²) in [5.74, 6) is 3.48. The molecular formula is C14H22N2S. The van der Waals surface area contributed by atoms with Crippen molar-refractivity contribution in [3.8, 4) is 0 Å². The summed E-state index contributed by atoms with van der Waals surface area (Å²) in [6.07, 6.45) is 6.65. The van der Waals surface area contributed by atoms with E-state index in [1.165, 1.54) is 36.7 Å². The highest BCUT2D eigenvalue weighted by Crippen LogP contribution is 2.38. The Balaban J connectivity index is 1.87. The Labute approximate surface area is 109 Å². The second kappa shape index (κ2) is 4.68. The molecular weight excluding hydrogens is 228 g/mol. The van der Waals surface area contributed by atoms with Gasteiger partial charge in [0.1, 0.15) is 0 Å². The molecule has 0 aromatic heterocycles. The minimum Gasteiger partial charge on any atom is -0.325 e. The molecule has 17 heavy (non-hydrogen) atoms. The van der Waals surface area contributed by atoms with E-state index in [-0.39, 0.29) is 0 Å². The van der Waals surface area contributed by atoms with E-state index in [1.807, 2.05) is 11.8 Å². The van der Waals surface area contributed by atoms with Crippen molar-refractivity contribution < 1.29 is 0 Å². The third kappa shape index (κ3) is 2.14. The lowest BCUT2D eigenvalue weighted by molar-refractivity contribution is 0.325. The molecule has 3 heteroatoms. The van der Waals surface area contributed by atoms with Gasteiger partial charge in [-0.15, -0.1) is 0 Å². The summed E-state index contributed by atoms with van der Waals surface area (Å²) in [6.45, 7) is 6.91. The van der Waals surface area contributed by atoms with Gasteiger partial charge in [0.15, 0.2) is 5.17 Å². The molecule has 2 atom stereocenters. The largest absolute Gasteiger partial charge is 0.325 e. The van der Waals surface area contributed by atoms with Gasteiger partial charge >= 0.3 is 0 Å². The summed E-state index contributed by atoms with van der Waals surface area (Å²) in [4.78, 5) is 7.41. The molecule has 0 saturated heterocycles. The Bertz CT molecular complexity index is 359. The molecule has 0 bridgehead atoms. The fraction of sp³-hybridized carbons (Fsp3) is 0.786. The van der Waals surface area contributed by atoms with Crippen LogP contribution in [0, 0.1) is 17.8 Å². The molecule has 0 amide bonds. The van der Waals surface area contributed by atoms with Gasteiger partial charge in [-0.3, -0.25) is 4.99 Å². The van der Waals surface area contributed by atoms with E-state index < -0.39 is 0 Å². The van der Waals surface area contributed by atoms with Crippen molar-refractivity contribution >= 4 is 16.9 Å². The van der Waals surface area contributed by atoms with Crippen LogP contribution in [0.5, 0.6) is 0 Å². The van der Waals surface area contributed by atoms with E-state index >= 15 is 0 Å². The lowest BCUT2D eigenvalue weighted by Gasteiger charge is -2.34. The molecule has 1 aliphatic carbocycles. The highest BCUT2D eigenvalue weighted by molar-refractivity contribution is 8.14. The van der Waals surface area contributed by atoms with E-state index in [2.05, 4.69) is 24.8 Å². The lowest BCUT2D eigenvalue weighted by atomic mass is 9.95. The molecule has 2 unspecified atom stereocenters. The predicted octanol–water partition coefficient (Wildman–Crippen LogP) is 3.36. The Morgan fingerprint density at radius 1 is 1.35 bits per heavy atom. The number of hydrogen-bond acceptors (Lipinski definition) is 3. The second-order valence-electron chi connectivity index (χ2n) is 5.78. The summed E-state index contributed by atoms with van der Waals surface area (Å²) < 4.78 is 0. The van der Waals surface area contributed by atoms with Gasteiger partial charge in [0.05, 0.1) is 0 Å². The summed E-state index contributed by atoms with van der Waals surface area (Å²) >= 11 is 1.92. The Hall–Kier alpha value is -0.440. The van der Waals surface area contributed by atoms with Gasteiger partial charge in [-0.25, -0.2) is 0 Å². The molecule has 3 aliphatic rings. The Kier molecular flexibility index (Phi) is 3.20. The number of thioether (sulfide) groups is 1. The first-order valence-corrected chi connectivity index (χ1v) is 7.89. The number of rotatable bonds is 1. The summed E-state index contributed by atoms with van der Waals surface area (Å²) in [7, 11) is 0. The van der Waals surface area contributed by atoms with Crippen molar-refractivity contribution in [2.24, 2.45) is 22.7 Å². The molecule has 0 aromatic carbocycles. The molecule has 2 nitrogen and oxygen atoms in total. The molecule has 94 valence electrons. The molecule has 2 heterocycles. The summed E-state index contributed by atoms with van der Waals surface area (Å²) in [5.41, 5.74) is 1.51. The maximum absolute atomic E-state index is 4.89. The van der Waals surface area contributed by atoms with Crippen LogP contribution in [0.3, 0.4) is 0 Å². The zero-order valence-electron chi connectivity index (χ0n) is 10.9. The van der Waals surface area contributed by atoms with Gasteiger partial charge in [-0.1, -0.05) is 38.1 Å². The van der Waals surface area contributed by atoms with Crippen molar-refractivity contribution in [1.29, 1.82) is 0 Å². The minimum absolute atomic E-state index is 0.624. The van der Waals surface area contributed by atoms with Crippen molar-refractivity contribution in [1.82, 2.24) is 4.90 Å². The van der Waals surface area contributed by atoms with Crippen LogP contribution in [0.25, 0.3) is 0 Å². The topological polar surface area (TPSA) is 15.6 Å². The van der Waals surface area contributed by atoms with Gasteiger partial charge in [0, 0.05) is 24.5 Å². The van der Waals surface area contributed by atoms with E-state index in [0.29, 0.717) is 5.92 Å². The first-order valence-electron chi connectivity index (χ1n) is 6.90. The van der Waals surface area contributed by atoms with Crippen molar-refractivity contribution in [3.05, 3.63) is 11.8 Å². The summed E-state index contributed by atoms with van der Waals surface area (Å²) in [5, 5.41) is 1.30. The zero-order valence-corrected chi connectivity index (χ0v) is 11.7. The number of hydrogen-bond donors (Lipinski definition) is 0. The number of aliphatic imine (C=N–C) groups is 1. The fourth-order valence-electron chi connectivity index (χ4n) is 3.39. The highest BCUT2D eigenvalue weighted by Gasteiger charge is 2.34. The van der Waals surface area contributed by atoms with Crippen LogP contribution in [0.2, 0.25) is 0 Å². The first-order chi connectivity index (χ1) is 8.25. The molecule has 0 aromatic rings. The first kappa shape index (κ1) is 11.6. The van der Waals surface area contributed by atoms with Gasteiger partial charge in [-0.05, 0) is 30.6 Å². The Morgan fingerprint density at radius 2 is 2.18 bits per heavy atom. The summed E-state index contributed by atoms with van der Waals surface area (Å²) in [6, 6.07) is 0. The van der Waals surface area contributed by atoms with Crippen molar-refractivity contribution in [2.75, 3.05) is 18.8 Å². The average molecular weight is 250 g/mol. The van der Waals surface area contributed by atoms with Crippen LogP contribution in [0.4, 0.5) is 0 Å². The maximum atomic E-state index is 4.89. The monoisotopic (exact) mass is 250 g/mol. The van der Waals surface area contributed by atoms with Crippen LogP contribution < -0.4 is 0 Å². The zero-order chi connectivity index (χ0) is 11.8. The van der Waals surface area contributed by atoms with Crippen LogP contribution in [-0.2, 0) is 0 Å². The normalized spacial score (nSPS) is 32.8. The third-order valence-corrected chi connectivity index (χ3v) is 5.27. The van der Waals surface area contributed by atoms with Gasteiger partial charge < -0.3 is 4.90 Å². The number of fused-ring (bicyclic) bond motifs is 2. The van der Waals surface area contributed by atoms with Crippen molar-refractivity contribution in [2.45, 2.75) is 33.1 Å². The van der Waals surface area contributed by atoms with Gasteiger partial charge in [0.25, 0.3) is 0 Å². The second-order valence-corrected chi connectivity index (χ2v) is 6.77. The molecule has 0 spiro atoms. The van der Waals surface area contributed by atoms with Crippen LogP contribution in [0.1, 0.15) is 33.1 Å². The van der Waals surface area contributed by atoms with Crippen LogP contribution >= 0.6 is 11.8 Å². The minimum atomic E-state index is 0.624. The predicted molar refractivity (Wildman–Crippen MR) is 75.2 cm³/mol. The van der Waals surface area contributed by atoms with Crippen LogP contribution in [-0.4, -0.2) is 28.9 Å². The van der Waals surface area contributed by atoms with Gasteiger partial charge in [-0.2, -0.15) is 0 Å². The standard InChI is InChI=1S/C14H22N2S/c1-10(2)13-6-7-17-14-15-8-11-4-3-5-12(11)9-16(13)14/h6,10-12H,3-5,7-9H2,1-2H3. The smallest absolute Gasteiger partial charge is 0.163 e. The molecule has 3 rings (SSSR count). The molecule has 2 aliphatic heterocycles.